The average Bonchev–Trinajstić information content (AvgIpc) is 2.83. The molecule has 0 saturated carbocycles. The highest BCUT2D eigenvalue weighted by atomic mass is 79.9. The third-order valence-corrected chi connectivity index (χ3v) is 4.80. The number of aromatic nitrogens is 3. The van der Waals surface area contributed by atoms with Gasteiger partial charge in [0, 0.05) is 23.3 Å². The zero-order valence-corrected chi connectivity index (χ0v) is 16.8. The SMILES string of the molecule is Cc1cc(Br)cn(CC(=O)Nc2c(C)n(C)n(-c3ccccc3)c2=O)c1=O. The lowest BCUT2D eigenvalue weighted by molar-refractivity contribution is -0.116. The van der Waals surface area contributed by atoms with Crippen molar-refractivity contribution in [1.29, 1.82) is 0 Å². The van der Waals surface area contributed by atoms with Crippen LogP contribution in [-0.2, 0) is 18.4 Å². The number of nitrogens with zero attached hydrogens (tertiary/aromatic N) is 3. The molecule has 0 aliphatic rings. The molecule has 0 atom stereocenters. The number of benzene rings is 1. The minimum absolute atomic E-state index is 0.182. The molecule has 2 aromatic heterocycles. The summed E-state index contributed by atoms with van der Waals surface area (Å²) < 4.78 is 5.18. The Morgan fingerprint density at radius 3 is 2.44 bits per heavy atom. The monoisotopic (exact) mass is 430 g/mol. The largest absolute Gasteiger partial charge is 0.318 e. The molecule has 0 fully saturated rings. The van der Waals surface area contributed by atoms with Gasteiger partial charge in [0.1, 0.15) is 12.2 Å². The predicted octanol–water partition coefficient (Wildman–Crippen LogP) is 2.36. The molecule has 0 radical (unpaired) electrons. The maximum atomic E-state index is 12.8. The molecule has 8 heteroatoms. The summed E-state index contributed by atoms with van der Waals surface area (Å²) in [5.74, 6) is -0.444. The fourth-order valence-electron chi connectivity index (χ4n) is 2.90. The van der Waals surface area contributed by atoms with Crippen molar-refractivity contribution in [2.24, 2.45) is 7.05 Å². The van der Waals surface area contributed by atoms with Crippen molar-refractivity contribution >= 4 is 27.5 Å². The molecule has 0 unspecified atom stereocenters. The summed E-state index contributed by atoms with van der Waals surface area (Å²) in [7, 11) is 1.75. The number of hydrogen-bond acceptors (Lipinski definition) is 3. The van der Waals surface area contributed by atoms with Crippen molar-refractivity contribution in [3.63, 3.8) is 0 Å². The van der Waals surface area contributed by atoms with Crippen LogP contribution in [-0.4, -0.2) is 19.8 Å². The minimum Gasteiger partial charge on any atom is -0.318 e. The molecule has 27 heavy (non-hydrogen) atoms. The molecule has 7 nitrogen and oxygen atoms in total. The number of pyridine rings is 1. The fraction of sp³-hybridized carbons (Fsp3) is 0.211. The predicted molar refractivity (Wildman–Crippen MR) is 108 cm³/mol. The normalized spacial score (nSPS) is 10.8. The first-order valence-electron chi connectivity index (χ1n) is 8.30. The maximum absolute atomic E-state index is 12.8. The first-order valence-corrected chi connectivity index (χ1v) is 9.09. The van der Waals surface area contributed by atoms with E-state index in [1.54, 1.807) is 37.8 Å². The number of amides is 1. The van der Waals surface area contributed by atoms with E-state index >= 15 is 0 Å². The Bertz CT molecular complexity index is 1130. The summed E-state index contributed by atoms with van der Waals surface area (Å²) in [6.45, 7) is 3.26. The molecule has 1 aromatic carbocycles. The van der Waals surface area contributed by atoms with E-state index in [9.17, 15) is 14.4 Å². The van der Waals surface area contributed by atoms with Gasteiger partial charge in [-0.25, -0.2) is 4.68 Å². The third kappa shape index (κ3) is 3.66. The second kappa shape index (κ2) is 7.40. The van der Waals surface area contributed by atoms with Gasteiger partial charge >= 0.3 is 0 Å². The van der Waals surface area contributed by atoms with E-state index in [0.717, 1.165) is 0 Å². The Balaban J connectivity index is 1.92. The van der Waals surface area contributed by atoms with Gasteiger partial charge in [0.2, 0.25) is 5.91 Å². The molecule has 0 saturated heterocycles. The maximum Gasteiger partial charge on any atom is 0.295 e. The Kier molecular flexibility index (Phi) is 5.18. The number of nitrogens with one attached hydrogen (secondary N) is 1. The van der Waals surface area contributed by atoms with E-state index in [4.69, 9.17) is 0 Å². The lowest BCUT2D eigenvalue weighted by atomic mass is 10.3. The van der Waals surface area contributed by atoms with Gasteiger partial charge in [-0.15, -0.1) is 0 Å². The van der Waals surface area contributed by atoms with E-state index in [0.29, 0.717) is 21.4 Å². The highest BCUT2D eigenvalue weighted by Gasteiger charge is 2.18. The Labute approximate surface area is 164 Å². The number of rotatable bonds is 4. The topological polar surface area (TPSA) is 78.0 Å². The standard InChI is InChI=1S/C19H19BrN4O3/c1-12-9-14(20)10-23(18(12)26)11-16(25)21-17-13(2)22(3)24(19(17)27)15-7-5-4-6-8-15/h4-10H,11H2,1-3H3,(H,21,25). The quantitative estimate of drug-likeness (QED) is 0.689. The van der Waals surface area contributed by atoms with Crippen molar-refractivity contribution < 1.29 is 4.79 Å². The third-order valence-electron chi connectivity index (χ3n) is 4.36. The van der Waals surface area contributed by atoms with Gasteiger partial charge in [0.25, 0.3) is 11.1 Å². The van der Waals surface area contributed by atoms with Gasteiger partial charge in [0.05, 0.1) is 11.4 Å². The number of carbonyl (C=O) groups is 1. The van der Waals surface area contributed by atoms with Gasteiger partial charge in [-0.1, -0.05) is 18.2 Å². The number of halogens is 1. The van der Waals surface area contributed by atoms with Crippen LogP contribution in [0.5, 0.6) is 0 Å². The van der Waals surface area contributed by atoms with Crippen LogP contribution >= 0.6 is 15.9 Å². The Morgan fingerprint density at radius 2 is 1.78 bits per heavy atom. The summed E-state index contributed by atoms with van der Waals surface area (Å²) in [5.41, 5.74) is 1.47. The van der Waals surface area contributed by atoms with Crippen molar-refractivity contribution in [1.82, 2.24) is 13.9 Å². The van der Waals surface area contributed by atoms with Crippen molar-refractivity contribution in [2.45, 2.75) is 20.4 Å². The molecule has 0 aliphatic heterocycles. The second-order valence-electron chi connectivity index (χ2n) is 6.26. The summed E-state index contributed by atoms with van der Waals surface area (Å²) in [6, 6.07) is 10.9. The molecule has 0 spiro atoms. The van der Waals surface area contributed by atoms with Crippen molar-refractivity contribution in [3.05, 3.63) is 79.0 Å². The molecule has 0 bridgehead atoms. The van der Waals surface area contributed by atoms with Crippen LogP contribution in [0.15, 0.2) is 56.7 Å². The van der Waals surface area contributed by atoms with Crippen LogP contribution < -0.4 is 16.4 Å². The molecule has 0 aliphatic carbocycles. The van der Waals surface area contributed by atoms with Crippen LogP contribution in [0, 0.1) is 13.8 Å². The van der Waals surface area contributed by atoms with Crippen LogP contribution in [0.2, 0.25) is 0 Å². The first-order chi connectivity index (χ1) is 12.8. The zero-order chi connectivity index (χ0) is 19.7. The zero-order valence-electron chi connectivity index (χ0n) is 15.2. The number of para-hydroxylation sites is 1. The summed E-state index contributed by atoms with van der Waals surface area (Å²) in [4.78, 5) is 37.5. The molecular formula is C19H19BrN4O3. The van der Waals surface area contributed by atoms with Crippen molar-refractivity contribution in [3.8, 4) is 5.69 Å². The molecular weight excluding hydrogens is 412 g/mol. The number of anilines is 1. The molecule has 140 valence electrons. The van der Waals surface area contributed by atoms with Crippen LogP contribution in [0.25, 0.3) is 5.69 Å². The van der Waals surface area contributed by atoms with Gasteiger partial charge in [0.15, 0.2) is 0 Å². The first kappa shape index (κ1) is 18.9. The number of hydrogen-bond donors (Lipinski definition) is 1. The van der Waals surface area contributed by atoms with Gasteiger partial charge < -0.3 is 9.88 Å². The number of aryl methyl sites for hydroxylation is 1. The fourth-order valence-corrected chi connectivity index (χ4v) is 3.49. The van der Waals surface area contributed by atoms with E-state index in [1.165, 1.54) is 9.25 Å². The summed E-state index contributed by atoms with van der Waals surface area (Å²) in [5, 5.41) is 2.66. The van der Waals surface area contributed by atoms with Crippen LogP contribution in [0.1, 0.15) is 11.3 Å². The number of carbonyl (C=O) groups excluding carboxylic acids is 1. The van der Waals surface area contributed by atoms with E-state index < -0.39 is 5.91 Å². The minimum atomic E-state index is -0.444. The Hall–Kier alpha value is -2.87. The van der Waals surface area contributed by atoms with Crippen LogP contribution in [0.4, 0.5) is 5.69 Å². The molecule has 3 aromatic rings. The van der Waals surface area contributed by atoms with E-state index in [-0.39, 0.29) is 23.4 Å². The molecule has 1 N–H and O–H groups in total. The lowest BCUT2D eigenvalue weighted by Crippen LogP contribution is -2.30. The Morgan fingerprint density at radius 1 is 1.11 bits per heavy atom. The highest BCUT2D eigenvalue weighted by molar-refractivity contribution is 9.10. The van der Waals surface area contributed by atoms with Gasteiger partial charge in [-0.2, -0.15) is 0 Å². The highest BCUT2D eigenvalue weighted by Crippen LogP contribution is 2.14. The van der Waals surface area contributed by atoms with Crippen molar-refractivity contribution in [2.75, 3.05) is 5.32 Å². The summed E-state index contributed by atoms with van der Waals surface area (Å²) in [6.07, 6.45) is 1.55. The van der Waals surface area contributed by atoms with Crippen LogP contribution in [0.3, 0.4) is 0 Å². The summed E-state index contributed by atoms with van der Waals surface area (Å²) >= 11 is 3.32. The van der Waals surface area contributed by atoms with Gasteiger partial charge in [-0.3, -0.25) is 19.1 Å². The van der Waals surface area contributed by atoms with Gasteiger partial charge in [-0.05, 0) is 48.0 Å². The van der Waals surface area contributed by atoms with E-state index in [2.05, 4.69) is 21.2 Å². The smallest absolute Gasteiger partial charge is 0.295 e. The molecule has 3 rings (SSSR count). The molecule has 1 amide bonds. The molecule has 2 heterocycles. The lowest BCUT2D eigenvalue weighted by Gasteiger charge is -2.08. The average molecular weight is 431 g/mol. The second-order valence-corrected chi connectivity index (χ2v) is 7.17. The van der Waals surface area contributed by atoms with E-state index in [1.807, 2.05) is 30.3 Å².